The first kappa shape index (κ1) is 13.7. The molecule has 20 heavy (non-hydrogen) atoms. The van der Waals surface area contributed by atoms with Crippen molar-refractivity contribution in [3.8, 4) is 11.1 Å². The summed E-state index contributed by atoms with van der Waals surface area (Å²) in [6, 6.07) is 3.15. The second kappa shape index (κ2) is 5.08. The predicted molar refractivity (Wildman–Crippen MR) is 70.9 cm³/mol. The van der Waals surface area contributed by atoms with Crippen LogP contribution in [0.4, 0.5) is 0 Å². The Bertz CT molecular complexity index is 658. The molecule has 0 aliphatic heterocycles. The number of carboxylic acids is 2. The fraction of sp³-hybridized carbons (Fsp3) is 0.143. The average molecular weight is 272 g/mol. The molecule has 0 aliphatic carbocycles. The van der Waals surface area contributed by atoms with Crippen molar-refractivity contribution in [2.24, 2.45) is 0 Å². The Kier molecular flexibility index (Phi) is 3.47. The van der Waals surface area contributed by atoms with Crippen molar-refractivity contribution in [1.29, 1.82) is 0 Å². The summed E-state index contributed by atoms with van der Waals surface area (Å²) in [7, 11) is 0. The van der Waals surface area contributed by atoms with Gasteiger partial charge < -0.3 is 10.2 Å². The molecule has 0 spiro atoms. The Morgan fingerprint density at radius 2 is 1.40 bits per heavy atom. The van der Waals surface area contributed by atoms with Crippen molar-refractivity contribution in [3.05, 3.63) is 47.0 Å². The number of aromatic carboxylic acids is 2. The molecule has 2 aromatic heterocycles. The third kappa shape index (κ3) is 2.23. The van der Waals surface area contributed by atoms with Gasteiger partial charge in [0.05, 0.1) is 22.5 Å². The maximum Gasteiger partial charge on any atom is 0.338 e. The minimum atomic E-state index is -1.20. The second-order valence-electron chi connectivity index (χ2n) is 4.25. The van der Waals surface area contributed by atoms with Crippen LogP contribution in [0.1, 0.15) is 32.1 Å². The minimum Gasteiger partial charge on any atom is -0.478 e. The quantitative estimate of drug-likeness (QED) is 0.887. The second-order valence-corrected chi connectivity index (χ2v) is 4.25. The number of pyridine rings is 2. The van der Waals surface area contributed by atoms with Gasteiger partial charge in [-0.3, -0.25) is 9.97 Å². The van der Waals surface area contributed by atoms with E-state index in [1.54, 1.807) is 26.0 Å². The van der Waals surface area contributed by atoms with Crippen molar-refractivity contribution < 1.29 is 19.8 Å². The molecular weight excluding hydrogens is 260 g/mol. The lowest BCUT2D eigenvalue weighted by Gasteiger charge is -2.14. The van der Waals surface area contributed by atoms with Gasteiger partial charge in [-0.25, -0.2) is 9.59 Å². The summed E-state index contributed by atoms with van der Waals surface area (Å²) in [5.74, 6) is -2.41. The highest BCUT2D eigenvalue weighted by atomic mass is 16.4. The lowest BCUT2D eigenvalue weighted by atomic mass is 9.93. The van der Waals surface area contributed by atoms with Crippen LogP contribution >= 0.6 is 0 Å². The molecule has 2 aromatic rings. The molecule has 0 saturated heterocycles. The largest absolute Gasteiger partial charge is 0.478 e. The molecular formula is C14H12N2O4. The van der Waals surface area contributed by atoms with E-state index in [0.29, 0.717) is 5.56 Å². The number of aryl methyl sites for hydroxylation is 2. The molecule has 0 fully saturated rings. The van der Waals surface area contributed by atoms with Crippen LogP contribution in [0.2, 0.25) is 0 Å². The van der Waals surface area contributed by atoms with E-state index in [1.165, 1.54) is 12.4 Å². The molecule has 6 heteroatoms. The summed E-state index contributed by atoms with van der Waals surface area (Å²) < 4.78 is 0. The van der Waals surface area contributed by atoms with Crippen LogP contribution in [0.25, 0.3) is 11.1 Å². The lowest BCUT2D eigenvalue weighted by Crippen LogP contribution is -2.13. The Hall–Kier alpha value is -2.76. The van der Waals surface area contributed by atoms with Gasteiger partial charge >= 0.3 is 11.9 Å². The van der Waals surface area contributed by atoms with Crippen molar-refractivity contribution in [2.45, 2.75) is 13.8 Å². The van der Waals surface area contributed by atoms with Crippen LogP contribution < -0.4 is 0 Å². The van der Waals surface area contributed by atoms with Gasteiger partial charge in [-0.15, -0.1) is 0 Å². The van der Waals surface area contributed by atoms with E-state index in [0.717, 1.165) is 0 Å². The fourth-order valence-electron chi connectivity index (χ4n) is 2.18. The first-order valence-corrected chi connectivity index (χ1v) is 5.81. The highest BCUT2D eigenvalue weighted by Gasteiger charge is 2.25. The molecule has 0 atom stereocenters. The number of carboxylic acid groups (broad SMARTS) is 2. The monoisotopic (exact) mass is 272 g/mol. The van der Waals surface area contributed by atoms with Gasteiger partial charge in [-0.2, -0.15) is 0 Å². The molecule has 0 unspecified atom stereocenters. The van der Waals surface area contributed by atoms with Crippen molar-refractivity contribution in [3.63, 3.8) is 0 Å². The van der Waals surface area contributed by atoms with Crippen molar-refractivity contribution in [2.75, 3.05) is 0 Å². The number of hydrogen-bond acceptors (Lipinski definition) is 4. The van der Waals surface area contributed by atoms with Gasteiger partial charge in [0, 0.05) is 18.0 Å². The van der Waals surface area contributed by atoms with Crippen LogP contribution in [0.5, 0.6) is 0 Å². The molecule has 0 aliphatic rings. The van der Waals surface area contributed by atoms with E-state index >= 15 is 0 Å². The van der Waals surface area contributed by atoms with E-state index in [-0.39, 0.29) is 28.1 Å². The zero-order valence-corrected chi connectivity index (χ0v) is 10.9. The molecule has 0 radical (unpaired) electrons. The van der Waals surface area contributed by atoms with Gasteiger partial charge in [0.25, 0.3) is 0 Å². The topological polar surface area (TPSA) is 100 Å². The lowest BCUT2D eigenvalue weighted by molar-refractivity contribution is 0.0695. The summed E-state index contributed by atoms with van der Waals surface area (Å²) in [5, 5.41) is 18.7. The molecule has 2 heterocycles. The van der Waals surface area contributed by atoms with Crippen molar-refractivity contribution in [1.82, 2.24) is 9.97 Å². The summed E-state index contributed by atoms with van der Waals surface area (Å²) in [6.45, 7) is 3.10. The standard InChI is InChI=1S/C14H12N2O4/c1-7-10(13(17)18)12(9-3-5-15-6-4-9)11(14(19)20)8(2)16-7/h3-6H,1-2H3,(H,17,18)(H,19,20). The van der Waals surface area contributed by atoms with Crippen LogP contribution in [-0.2, 0) is 0 Å². The van der Waals surface area contributed by atoms with Crippen LogP contribution in [0, 0.1) is 13.8 Å². The zero-order valence-electron chi connectivity index (χ0n) is 10.9. The van der Waals surface area contributed by atoms with E-state index in [2.05, 4.69) is 9.97 Å². The number of nitrogens with zero attached hydrogens (tertiary/aromatic N) is 2. The predicted octanol–water partition coefficient (Wildman–Crippen LogP) is 2.16. The Morgan fingerprint density at radius 1 is 0.950 bits per heavy atom. The van der Waals surface area contributed by atoms with E-state index < -0.39 is 11.9 Å². The number of hydrogen-bond donors (Lipinski definition) is 2. The number of rotatable bonds is 3. The molecule has 102 valence electrons. The van der Waals surface area contributed by atoms with Gasteiger partial charge in [0.1, 0.15) is 0 Å². The Balaban J connectivity index is 2.94. The van der Waals surface area contributed by atoms with Crippen LogP contribution in [0.3, 0.4) is 0 Å². The molecule has 0 saturated carbocycles. The van der Waals surface area contributed by atoms with Gasteiger partial charge in [-0.05, 0) is 31.5 Å². The molecule has 0 amide bonds. The summed E-state index contributed by atoms with van der Waals surface area (Å²) in [4.78, 5) is 30.8. The fourth-order valence-corrected chi connectivity index (χ4v) is 2.18. The van der Waals surface area contributed by atoms with Gasteiger partial charge in [0.2, 0.25) is 0 Å². The molecule has 2 N–H and O–H groups in total. The molecule has 2 rings (SSSR count). The van der Waals surface area contributed by atoms with E-state index in [1.807, 2.05) is 0 Å². The Morgan fingerprint density at radius 3 is 1.80 bits per heavy atom. The maximum atomic E-state index is 11.5. The number of aromatic nitrogens is 2. The highest BCUT2D eigenvalue weighted by Crippen LogP contribution is 2.30. The molecule has 0 bridgehead atoms. The summed E-state index contributed by atoms with van der Waals surface area (Å²) >= 11 is 0. The first-order chi connectivity index (χ1) is 9.43. The average Bonchev–Trinajstić information content (AvgIpc) is 2.37. The smallest absolute Gasteiger partial charge is 0.338 e. The van der Waals surface area contributed by atoms with Crippen LogP contribution in [-0.4, -0.2) is 32.1 Å². The maximum absolute atomic E-state index is 11.5. The normalized spacial score (nSPS) is 10.3. The third-order valence-corrected chi connectivity index (χ3v) is 2.96. The summed E-state index contributed by atoms with van der Waals surface area (Å²) in [5.41, 5.74) is 1.03. The van der Waals surface area contributed by atoms with Gasteiger partial charge in [0.15, 0.2) is 0 Å². The Labute approximate surface area is 114 Å². The van der Waals surface area contributed by atoms with Gasteiger partial charge in [-0.1, -0.05) is 0 Å². The zero-order chi connectivity index (χ0) is 14.9. The SMILES string of the molecule is Cc1nc(C)c(C(=O)O)c(-c2ccncc2)c1C(=O)O. The first-order valence-electron chi connectivity index (χ1n) is 5.81. The van der Waals surface area contributed by atoms with E-state index in [9.17, 15) is 19.8 Å². The number of carbonyl (C=O) groups is 2. The highest BCUT2D eigenvalue weighted by molar-refractivity contribution is 6.06. The van der Waals surface area contributed by atoms with Crippen LogP contribution in [0.15, 0.2) is 24.5 Å². The van der Waals surface area contributed by atoms with E-state index in [4.69, 9.17) is 0 Å². The molecule has 6 nitrogen and oxygen atoms in total. The van der Waals surface area contributed by atoms with Crippen molar-refractivity contribution >= 4 is 11.9 Å². The third-order valence-electron chi connectivity index (χ3n) is 2.96. The molecule has 0 aromatic carbocycles. The minimum absolute atomic E-state index is 0.0980. The summed E-state index contributed by atoms with van der Waals surface area (Å²) in [6.07, 6.45) is 2.97.